The van der Waals surface area contributed by atoms with E-state index in [1.807, 2.05) is 24.3 Å². The van der Waals surface area contributed by atoms with Crippen LogP contribution in [0.4, 0.5) is 0 Å². The number of amides is 1. The molecule has 0 saturated carbocycles. The van der Waals surface area contributed by atoms with Crippen LogP contribution in [0.1, 0.15) is 34.0 Å². The highest BCUT2D eigenvalue weighted by atomic mass is 35.5. The highest BCUT2D eigenvalue weighted by molar-refractivity contribution is 5.94. The number of nitrogens with zero attached hydrogens (tertiary/aromatic N) is 2. The Kier molecular flexibility index (Phi) is 8.93. The van der Waals surface area contributed by atoms with Gasteiger partial charge in [0.25, 0.3) is 5.91 Å². The van der Waals surface area contributed by atoms with E-state index in [1.54, 1.807) is 0 Å². The number of benzene rings is 2. The first-order chi connectivity index (χ1) is 13.2. The molecule has 6 heteroatoms. The molecule has 0 aliphatic carbocycles. The fourth-order valence-electron chi connectivity index (χ4n) is 3.36. The predicted octanol–water partition coefficient (Wildman–Crippen LogP) is 2.63. The van der Waals surface area contributed by atoms with Crippen molar-refractivity contribution >= 4 is 18.3 Å². The Hall–Kier alpha value is -1.92. The van der Waals surface area contributed by atoms with Gasteiger partial charge < -0.3 is 16.0 Å². The van der Waals surface area contributed by atoms with Gasteiger partial charge >= 0.3 is 0 Å². The van der Waals surface area contributed by atoms with E-state index in [9.17, 15) is 4.79 Å². The van der Waals surface area contributed by atoms with Gasteiger partial charge in [-0.25, -0.2) is 0 Å². The molecule has 1 aliphatic heterocycles. The molecule has 1 fully saturated rings. The molecule has 152 valence electrons. The zero-order valence-electron chi connectivity index (χ0n) is 16.6. The van der Waals surface area contributed by atoms with E-state index in [1.165, 1.54) is 5.56 Å². The number of nitrogens with two attached hydrogens (primary N) is 1. The zero-order valence-corrected chi connectivity index (χ0v) is 17.4. The number of hydrogen-bond donors (Lipinski definition) is 2. The number of hydrogen-bond acceptors (Lipinski definition) is 4. The van der Waals surface area contributed by atoms with Crippen molar-refractivity contribution in [2.24, 2.45) is 5.73 Å². The van der Waals surface area contributed by atoms with E-state index in [-0.39, 0.29) is 18.3 Å². The van der Waals surface area contributed by atoms with Crippen molar-refractivity contribution in [2.75, 3.05) is 32.7 Å². The maximum Gasteiger partial charge on any atom is 0.251 e. The van der Waals surface area contributed by atoms with Gasteiger partial charge in [-0.2, -0.15) is 0 Å². The van der Waals surface area contributed by atoms with Gasteiger partial charge in [-0.05, 0) is 35.4 Å². The van der Waals surface area contributed by atoms with E-state index >= 15 is 0 Å². The van der Waals surface area contributed by atoms with Crippen LogP contribution in [0, 0.1) is 0 Å². The molecule has 0 radical (unpaired) electrons. The Morgan fingerprint density at radius 1 is 0.893 bits per heavy atom. The second-order valence-corrected chi connectivity index (χ2v) is 7.11. The summed E-state index contributed by atoms with van der Waals surface area (Å²) in [5.41, 5.74) is 9.72. The molecule has 0 atom stereocenters. The fourth-order valence-corrected chi connectivity index (χ4v) is 3.36. The smallest absolute Gasteiger partial charge is 0.251 e. The minimum atomic E-state index is -0.0588. The van der Waals surface area contributed by atoms with Crippen LogP contribution < -0.4 is 11.1 Å². The molecule has 1 aliphatic rings. The van der Waals surface area contributed by atoms with Crippen LogP contribution in [-0.2, 0) is 19.6 Å². The Labute approximate surface area is 174 Å². The minimum Gasteiger partial charge on any atom is -0.348 e. The van der Waals surface area contributed by atoms with Gasteiger partial charge in [0.15, 0.2) is 0 Å². The quantitative estimate of drug-likeness (QED) is 0.747. The predicted molar refractivity (Wildman–Crippen MR) is 117 cm³/mol. The molecule has 1 amide bonds. The average molecular weight is 403 g/mol. The van der Waals surface area contributed by atoms with Crippen LogP contribution in [0.25, 0.3) is 0 Å². The van der Waals surface area contributed by atoms with Crippen LogP contribution in [0.15, 0.2) is 48.5 Å². The summed E-state index contributed by atoms with van der Waals surface area (Å²) < 4.78 is 0. The normalized spacial score (nSPS) is 15.1. The topological polar surface area (TPSA) is 61.6 Å². The van der Waals surface area contributed by atoms with Crippen LogP contribution in [0.2, 0.25) is 0 Å². The highest BCUT2D eigenvalue weighted by Crippen LogP contribution is 2.11. The van der Waals surface area contributed by atoms with Crippen LogP contribution in [0.5, 0.6) is 0 Å². The van der Waals surface area contributed by atoms with Crippen molar-refractivity contribution < 1.29 is 4.79 Å². The monoisotopic (exact) mass is 402 g/mol. The van der Waals surface area contributed by atoms with Gasteiger partial charge in [0, 0.05) is 51.4 Å². The van der Waals surface area contributed by atoms with Gasteiger partial charge in [0.1, 0.15) is 0 Å². The van der Waals surface area contributed by atoms with E-state index in [0.29, 0.717) is 18.7 Å². The van der Waals surface area contributed by atoms with E-state index in [4.69, 9.17) is 5.73 Å². The Morgan fingerprint density at radius 2 is 1.43 bits per heavy atom. The standard InChI is InChI=1S/C22H30N4O.ClH/c1-2-25-11-13-26(14-12-25)17-20-5-3-19(4-6-20)16-24-22(27)21-9-7-18(15-23)8-10-21;/h3-10H,2,11-17,23H2,1H3,(H,24,27);1H. The molecule has 0 unspecified atom stereocenters. The number of likely N-dealkylation sites (N-methyl/N-ethyl adjacent to an activating group) is 1. The second-order valence-electron chi connectivity index (χ2n) is 7.11. The van der Waals surface area contributed by atoms with Gasteiger partial charge in [-0.15, -0.1) is 12.4 Å². The van der Waals surface area contributed by atoms with Crippen LogP contribution in [0.3, 0.4) is 0 Å². The van der Waals surface area contributed by atoms with E-state index < -0.39 is 0 Å². The third-order valence-corrected chi connectivity index (χ3v) is 5.25. The lowest BCUT2D eigenvalue weighted by Gasteiger charge is -2.34. The molecule has 5 nitrogen and oxygen atoms in total. The minimum absolute atomic E-state index is 0. The van der Waals surface area contributed by atoms with Gasteiger partial charge in [0.05, 0.1) is 0 Å². The molecule has 0 bridgehead atoms. The van der Waals surface area contributed by atoms with Crippen molar-refractivity contribution in [3.05, 3.63) is 70.8 Å². The lowest BCUT2D eigenvalue weighted by molar-refractivity contribution is 0.0951. The van der Waals surface area contributed by atoms with Crippen molar-refractivity contribution in [2.45, 2.75) is 26.6 Å². The molecule has 3 rings (SSSR count). The van der Waals surface area contributed by atoms with Crippen molar-refractivity contribution in [1.29, 1.82) is 0 Å². The molecule has 0 aromatic heterocycles. The molecule has 2 aromatic carbocycles. The maximum atomic E-state index is 12.2. The molecule has 28 heavy (non-hydrogen) atoms. The number of nitrogens with one attached hydrogen (secondary N) is 1. The number of halogens is 1. The summed E-state index contributed by atoms with van der Waals surface area (Å²) in [6.07, 6.45) is 0. The molecule has 1 saturated heterocycles. The van der Waals surface area contributed by atoms with Gasteiger partial charge in [-0.1, -0.05) is 43.3 Å². The molecule has 0 spiro atoms. The van der Waals surface area contributed by atoms with Crippen molar-refractivity contribution in [3.8, 4) is 0 Å². The third-order valence-electron chi connectivity index (χ3n) is 5.25. The Bertz CT molecular complexity index is 725. The summed E-state index contributed by atoms with van der Waals surface area (Å²) >= 11 is 0. The third kappa shape index (κ3) is 6.31. The van der Waals surface area contributed by atoms with Crippen molar-refractivity contribution in [1.82, 2.24) is 15.1 Å². The first-order valence-corrected chi connectivity index (χ1v) is 9.77. The number of rotatable bonds is 7. The first-order valence-electron chi connectivity index (χ1n) is 9.77. The summed E-state index contributed by atoms with van der Waals surface area (Å²) in [4.78, 5) is 17.2. The summed E-state index contributed by atoms with van der Waals surface area (Å²) in [5, 5.41) is 2.98. The van der Waals surface area contributed by atoms with Gasteiger partial charge in [-0.3, -0.25) is 9.69 Å². The van der Waals surface area contributed by atoms with E-state index in [2.05, 4.69) is 46.3 Å². The van der Waals surface area contributed by atoms with E-state index in [0.717, 1.165) is 50.4 Å². The first kappa shape index (κ1) is 22.4. The largest absolute Gasteiger partial charge is 0.348 e. The molecular formula is C22H31ClN4O. The Morgan fingerprint density at radius 3 is 2.00 bits per heavy atom. The fraction of sp³-hybridized carbons (Fsp3) is 0.409. The van der Waals surface area contributed by atoms with Crippen LogP contribution >= 0.6 is 12.4 Å². The van der Waals surface area contributed by atoms with Gasteiger partial charge in [0.2, 0.25) is 0 Å². The molecule has 3 N–H and O–H groups in total. The number of piperazine rings is 1. The summed E-state index contributed by atoms with van der Waals surface area (Å²) in [6.45, 7) is 9.98. The lowest BCUT2D eigenvalue weighted by Crippen LogP contribution is -2.45. The number of carbonyl (C=O) groups is 1. The summed E-state index contributed by atoms with van der Waals surface area (Å²) in [5.74, 6) is -0.0588. The average Bonchev–Trinajstić information content (AvgIpc) is 2.73. The lowest BCUT2D eigenvalue weighted by atomic mass is 10.1. The molecule has 1 heterocycles. The van der Waals surface area contributed by atoms with Crippen molar-refractivity contribution in [3.63, 3.8) is 0 Å². The summed E-state index contributed by atoms with van der Waals surface area (Å²) in [7, 11) is 0. The molecular weight excluding hydrogens is 372 g/mol. The SMILES string of the molecule is CCN1CCN(Cc2ccc(CNC(=O)c3ccc(CN)cc3)cc2)CC1.Cl. The highest BCUT2D eigenvalue weighted by Gasteiger charge is 2.15. The maximum absolute atomic E-state index is 12.2. The zero-order chi connectivity index (χ0) is 19.1. The Balaban J connectivity index is 0.00000280. The summed E-state index contributed by atoms with van der Waals surface area (Å²) in [6, 6.07) is 16.0. The number of carbonyl (C=O) groups excluding carboxylic acids is 1. The van der Waals surface area contributed by atoms with Crippen LogP contribution in [-0.4, -0.2) is 48.4 Å². The molecule has 2 aromatic rings. The second kappa shape index (κ2) is 11.2.